The minimum atomic E-state index is 0. The molecule has 0 aromatic rings. The molecule has 0 aromatic carbocycles. The van der Waals surface area contributed by atoms with Gasteiger partial charge in [0.05, 0.1) is 0 Å². The van der Waals surface area contributed by atoms with Crippen molar-refractivity contribution >= 4 is 30.7 Å². The zero-order valence-corrected chi connectivity index (χ0v) is 17.4. The van der Waals surface area contributed by atoms with Crippen LogP contribution in [0.4, 0.5) is 0 Å². The van der Waals surface area contributed by atoms with Gasteiger partial charge >= 0.3 is 0 Å². The highest BCUT2D eigenvalue weighted by atomic mass is 35.5. The van der Waals surface area contributed by atoms with Crippen molar-refractivity contribution < 1.29 is 4.79 Å². The van der Waals surface area contributed by atoms with Crippen molar-refractivity contribution in [3.05, 3.63) is 0 Å². The molecule has 144 valence electrons. The third-order valence-corrected chi connectivity index (χ3v) is 5.81. The van der Waals surface area contributed by atoms with Crippen LogP contribution in [0.5, 0.6) is 0 Å². The van der Waals surface area contributed by atoms with E-state index < -0.39 is 0 Å². The molecule has 1 amide bonds. The number of nitrogens with one attached hydrogen (secondary N) is 1. The topological polar surface area (TPSA) is 35.6 Å². The highest BCUT2D eigenvalue weighted by molar-refractivity contribution is 5.85. The summed E-state index contributed by atoms with van der Waals surface area (Å²) in [5.74, 6) is 1.52. The highest BCUT2D eigenvalue weighted by Gasteiger charge is 2.28. The molecule has 2 fully saturated rings. The van der Waals surface area contributed by atoms with E-state index in [9.17, 15) is 4.79 Å². The first-order valence-corrected chi connectivity index (χ1v) is 9.19. The predicted octanol–water partition coefficient (Wildman–Crippen LogP) is 3.19. The Morgan fingerprint density at radius 2 is 1.79 bits per heavy atom. The van der Waals surface area contributed by atoms with Crippen molar-refractivity contribution in [2.75, 3.05) is 33.2 Å². The molecule has 2 rings (SSSR count). The summed E-state index contributed by atoms with van der Waals surface area (Å²) in [5.41, 5.74) is 0. The van der Waals surface area contributed by atoms with E-state index in [2.05, 4.69) is 31.0 Å². The Hall–Kier alpha value is -0.0300. The van der Waals surface area contributed by atoms with Gasteiger partial charge in [-0.2, -0.15) is 0 Å². The van der Waals surface area contributed by atoms with E-state index in [1.165, 1.54) is 12.8 Å². The van der Waals surface area contributed by atoms with Crippen LogP contribution < -0.4 is 5.32 Å². The Kier molecular flexibility index (Phi) is 11.5. The first kappa shape index (κ1) is 24.0. The maximum atomic E-state index is 12.6. The number of nitrogens with zero attached hydrogens (tertiary/aromatic N) is 2. The van der Waals surface area contributed by atoms with Gasteiger partial charge in [-0.05, 0) is 64.5 Å². The second-order valence-corrected chi connectivity index (χ2v) is 7.65. The van der Waals surface area contributed by atoms with Gasteiger partial charge in [0.1, 0.15) is 0 Å². The van der Waals surface area contributed by atoms with Gasteiger partial charge in [0.2, 0.25) is 5.91 Å². The van der Waals surface area contributed by atoms with E-state index in [0.717, 1.165) is 39.0 Å². The molecule has 2 aliphatic rings. The largest absolute Gasteiger partial charge is 0.343 e. The predicted molar refractivity (Wildman–Crippen MR) is 106 cm³/mol. The average molecular weight is 382 g/mol. The molecular formula is C18H37Cl2N3O. The number of hydrogen-bond donors (Lipinski definition) is 1. The van der Waals surface area contributed by atoms with Crippen molar-refractivity contribution in [1.29, 1.82) is 0 Å². The standard InChI is InChI=1S/C18H35N3O.2ClH/c1-14(2)21-10-7-17(8-11-21)20(4)18(22)12-15(3)16-6-5-9-19-13-16;;/h14-17,19H,5-13H2,1-4H3;2*1H. The summed E-state index contributed by atoms with van der Waals surface area (Å²) in [6.45, 7) is 11.3. The van der Waals surface area contributed by atoms with Gasteiger partial charge in [0.15, 0.2) is 0 Å². The number of likely N-dealkylation sites (tertiary alicyclic amines) is 1. The summed E-state index contributed by atoms with van der Waals surface area (Å²) in [6, 6.07) is 1.07. The van der Waals surface area contributed by atoms with E-state index in [4.69, 9.17) is 0 Å². The SMILES string of the molecule is CC(CC(=O)N(C)C1CCN(C(C)C)CC1)C1CCCNC1.Cl.Cl. The molecule has 0 saturated carbocycles. The molecule has 1 N–H and O–H groups in total. The van der Waals surface area contributed by atoms with E-state index in [0.29, 0.717) is 36.2 Å². The number of rotatable bonds is 5. The summed E-state index contributed by atoms with van der Waals surface area (Å²) in [6.07, 6.45) is 5.50. The van der Waals surface area contributed by atoms with Crippen LogP contribution in [-0.4, -0.2) is 61.0 Å². The fourth-order valence-electron chi connectivity index (χ4n) is 3.94. The van der Waals surface area contributed by atoms with Crippen molar-refractivity contribution in [2.24, 2.45) is 11.8 Å². The van der Waals surface area contributed by atoms with Crippen LogP contribution in [0.1, 0.15) is 52.9 Å². The van der Waals surface area contributed by atoms with Crippen LogP contribution in [0.2, 0.25) is 0 Å². The lowest BCUT2D eigenvalue weighted by Crippen LogP contribution is -2.47. The summed E-state index contributed by atoms with van der Waals surface area (Å²) in [5, 5.41) is 3.47. The molecule has 0 radical (unpaired) electrons. The minimum Gasteiger partial charge on any atom is -0.343 e. The number of carbonyl (C=O) groups excluding carboxylic acids is 1. The van der Waals surface area contributed by atoms with E-state index in [1.54, 1.807) is 0 Å². The van der Waals surface area contributed by atoms with Crippen LogP contribution >= 0.6 is 24.8 Å². The van der Waals surface area contributed by atoms with E-state index in [1.807, 2.05) is 11.9 Å². The van der Waals surface area contributed by atoms with Crippen LogP contribution in [0.3, 0.4) is 0 Å². The first-order valence-electron chi connectivity index (χ1n) is 9.19. The fraction of sp³-hybridized carbons (Fsp3) is 0.944. The summed E-state index contributed by atoms with van der Waals surface area (Å²) in [4.78, 5) is 17.2. The van der Waals surface area contributed by atoms with Gasteiger partial charge in [-0.15, -0.1) is 24.8 Å². The molecule has 2 aliphatic heterocycles. The average Bonchev–Trinajstić information content (AvgIpc) is 2.55. The molecule has 6 heteroatoms. The Morgan fingerprint density at radius 1 is 1.17 bits per heavy atom. The Balaban J connectivity index is 0.00000264. The molecule has 2 saturated heterocycles. The van der Waals surface area contributed by atoms with E-state index in [-0.39, 0.29) is 24.8 Å². The van der Waals surface area contributed by atoms with Gasteiger partial charge in [-0.1, -0.05) is 6.92 Å². The maximum Gasteiger partial charge on any atom is 0.222 e. The van der Waals surface area contributed by atoms with Crippen molar-refractivity contribution in [2.45, 2.75) is 65.0 Å². The van der Waals surface area contributed by atoms with Crippen LogP contribution in [0.25, 0.3) is 0 Å². The summed E-state index contributed by atoms with van der Waals surface area (Å²) < 4.78 is 0. The molecule has 0 aliphatic carbocycles. The van der Waals surface area contributed by atoms with Crippen molar-refractivity contribution in [1.82, 2.24) is 15.1 Å². The summed E-state index contributed by atoms with van der Waals surface area (Å²) in [7, 11) is 2.02. The van der Waals surface area contributed by atoms with Gasteiger partial charge in [-0.3, -0.25) is 4.79 Å². The number of carbonyl (C=O) groups is 1. The van der Waals surface area contributed by atoms with Gasteiger partial charge in [0.25, 0.3) is 0 Å². The third kappa shape index (κ3) is 6.70. The van der Waals surface area contributed by atoms with Crippen LogP contribution in [0, 0.1) is 11.8 Å². The Morgan fingerprint density at radius 3 is 2.29 bits per heavy atom. The van der Waals surface area contributed by atoms with Gasteiger partial charge in [0, 0.05) is 38.6 Å². The molecule has 0 aromatic heterocycles. The number of amides is 1. The van der Waals surface area contributed by atoms with Crippen LogP contribution in [0.15, 0.2) is 0 Å². The monoisotopic (exact) mass is 381 g/mol. The quantitative estimate of drug-likeness (QED) is 0.793. The molecule has 0 bridgehead atoms. The van der Waals surface area contributed by atoms with Gasteiger partial charge < -0.3 is 15.1 Å². The lowest BCUT2D eigenvalue weighted by atomic mass is 9.85. The smallest absolute Gasteiger partial charge is 0.222 e. The lowest BCUT2D eigenvalue weighted by molar-refractivity contribution is -0.134. The molecule has 2 heterocycles. The molecule has 2 atom stereocenters. The van der Waals surface area contributed by atoms with Crippen molar-refractivity contribution in [3.63, 3.8) is 0 Å². The second-order valence-electron chi connectivity index (χ2n) is 7.65. The maximum absolute atomic E-state index is 12.6. The fourth-order valence-corrected chi connectivity index (χ4v) is 3.94. The Bertz CT molecular complexity index is 354. The Labute approximate surface area is 160 Å². The summed E-state index contributed by atoms with van der Waals surface area (Å²) >= 11 is 0. The molecule has 4 nitrogen and oxygen atoms in total. The molecule has 2 unspecified atom stereocenters. The zero-order valence-electron chi connectivity index (χ0n) is 15.8. The van der Waals surface area contributed by atoms with Crippen molar-refractivity contribution in [3.8, 4) is 0 Å². The number of piperidine rings is 2. The molecule has 0 spiro atoms. The first-order chi connectivity index (χ1) is 10.5. The highest BCUT2D eigenvalue weighted by Crippen LogP contribution is 2.24. The minimum absolute atomic E-state index is 0. The van der Waals surface area contributed by atoms with Gasteiger partial charge in [-0.25, -0.2) is 0 Å². The third-order valence-electron chi connectivity index (χ3n) is 5.81. The molecule has 24 heavy (non-hydrogen) atoms. The van der Waals surface area contributed by atoms with E-state index >= 15 is 0 Å². The number of hydrogen-bond acceptors (Lipinski definition) is 3. The van der Waals surface area contributed by atoms with Crippen LogP contribution in [-0.2, 0) is 4.79 Å². The second kappa shape index (κ2) is 11.6. The number of halogens is 2. The zero-order chi connectivity index (χ0) is 16.1. The normalized spacial score (nSPS) is 24.0. The molecular weight excluding hydrogens is 345 g/mol. The lowest BCUT2D eigenvalue weighted by Gasteiger charge is -2.39.